The third-order valence-electron chi connectivity index (χ3n) is 2.66. The van der Waals surface area contributed by atoms with Crippen molar-refractivity contribution in [1.29, 1.82) is 0 Å². The van der Waals surface area contributed by atoms with Crippen molar-refractivity contribution in [3.8, 4) is 0 Å². The Balaban J connectivity index is 3.12. The fourth-order valence-corrected chi connectivity index (χ4v) is 3.15. The molecule has 1 aromatic rings. The summed E-state index contributed by atoms with van der Waals surface area (Å²) in [7, 11) is -3.55. The first kappa shape index (κ1) is 15.0. The van der Waals surface area contributed by atoms with Crippen LogP contribution in [0.2, 0.25) is 0 Å². The first-order chi connectivity index (χ1) is 7.72. The minimum atomic E-state index is -3.55. The molecule has 0 heterocycles. The molecule has 0 fully saturated rings. The van der Waals surface area contributed by atoms with Gasteiger partial charge in [0.2, 0.25) is 0 Å². The van der Waals surface area contributed by atoms with Gasteiger partial charge >= 0.3 is 0 Å². The van der Waals surface area contributed by atoms with E-state index < -0.39 is 20.1 Å². The van der Waals surface area contributed by atoms with E-state index in [2.05, 4.69) is 15.9 Å². The van der Waals surface area contributed by atoms with Crippen LogP contribution in [0.4, 0.5) is 0 Å². The van der Waals surface area contributed by atoms with E-state index in [9.17, 15) is 13.5 Å². The third kappa shape index (κ3) is 3.02. The number of rotatable bonds is 4. The lowest BCUT2D eigenvalue weighted by atomic mass is 10.1. The van der Waals surface area contributed by atoms with Gasteiger partial charge in [0.05, 0.1) is 0 Å². The Hall–Kier alpha value is -0.100. The molecule has 2 atom stereocenters. The van der Waals surface area contributed by atoms with Crippen molar-refractivity contribution in [2.24, 2.45) is 0 Å². The first-order valence-electron chi connectivity index (χ1n) is 5.07. The Morgan fingerprint density at radius 2 is 1.88 bits per heavy atom. The van der Waals surface area contributed by atoms with Crippen molar-refractivity contribution < 1.29 is 13.5 Å². The van der Waals surface area contributed by atoms with Gasteiger partial charge in [0.15, 0.2) is 14.0 Å². The van der Waals surface area contributed by atoms with Crippen LogP contribution in [0.15, 0.2) is 28.7 Å². The normalized spacial score (nSPS) is 17.5. The van der Waals surface area contributed by atoms with Gasteiger partial charge in [-0.3, -0.25) is 0 Å². The molecule has 2 unspecified atom stereocenters. The summed E-state index contributed by atoms with van der Waals surface area (Å²) in [4.78, 5) is 0. The predicted molar refractivity (Wildman–Crippen MR) is 72.8 cm³/mol. The Kier molecular flexibility index (Phi) is 4.63. The van der Waals surface area contributed by atoms with Crippen LogP contribution >= 0.6 is 27.5 Å². The van der Waals surface area contributed by atoms with E-state index in [0.717, 1.165) is 4.47 Å². The van der Waals surface area contributed by atoms with Crippen LogP contribution in [0.3, 0.4) is 0 Å². The second-order valence-corrected chi connectivity index (χ2v) is 8.42. The Morgan fingerprint density at radius 1 is 1.41 bits per heavy atom. The van der Waals surface area contributed by atoms with Crippen molar-refractivity contribution in [1.82, 2.24) is 0 Å². The van der Waals surface area contributed by atoms with Crippen molar-refractivity contribution >= 4 is 37.4 Å². The number of hydrogen-bond donors (Lipinski definition) is 1. The fraction of sp³-hybridized carbons (Fsp3) is 0.455. The maximum Gasteiger partial charge on any atom is 0.172 e. The van der Waals surface area contributed by atoms with Crippen LogP contribution in [-0.4, -0.2) is 23.5 Å². The third-order valence-corrected chi connectivity index (χ3v) is 6.30. The number of halogens is 2. The number of alkyl halides is 1. The molecule has 0 saturated heterocycles. The van der Waals surface area contributed by atoms with Gasteiger partial charge in [0.25, 0.3) is 0 Å². The molecule has 0 radical (unpaired) electrons. The molecule has 0 aromatic heterocycles. The summed E-state index contributed by atoms with van der Waals surface area (Å²) in [6, 6.07) is 6.73. The quantitative estimate of drug-likeness (QED) is 0.857. The zero-order chi connectivity index (χ0) is 13.3. The summed E-state index contributed by atoms with van der Waals surface area (Å²) < 4.78 is 22.7. The average Bonchev–Trinajstić information content (AvgIpc) is 2.28. The zero-order valence-corrected chi connectivity index (χ0v) is 12.7. The first-order valence-corrected chi connectivity index (χ1v) is 7.89. The molecule has 96 valence electrons. The van der Waals surface area contributed by atoms with Crippen molar-refractivity contribution in [3.63, 3.8) is 0 Å². The van der Waals surface area contributed by atoms with Crippen LogP contribution in [0, 0.1) is 0 Å². The maximum absolute atomic E-state index is 11.8. The second-order valence-electron chi connectivity index (χ2n) is 3.84. The topological polar surface area (TPSA) is 54.4 Å². The summed E-state index contributed by atoms with van der Waals surface area (Å²) in [5.41, 5.74) is 0.475. The number of sulfone groups is 1. The molecule has 1 N–H and O–H groups in total. The molecule has 0 amide bonds. The molecule has 0 aliphatic carbocycles. The molecular formula is C11H14BrClO3S. The molecule has 1 aromatic carbocycles. The minimum Gasteiger partial charge on any atom is -0.385 e. The summed E-state index contributed by atoms with van der Waals surface area (Å²) in [5, 5.41) is 10.1. The van der Waals surface area contributed by atoms with Crippen molar-refractivity contribution in [2.45, 2.75) is 24.2 Å². The maximum atomic E-state index is 11.8. The standard InChI is InChI=1S/C11H14BrClO3S/c1-3-17(15,16)11(2,13)10(14)8-4-6-9(12)7-5-8/h4-7,10,14H,3H2,1-2H3. The van der Waals surface area contributed by atoms with Crippen LogP contribution in [0.25, 0.3) is 0 Å². The number of hydrogen-bond acceptors (Lipinski definition) is 3. The van der Waals surface area contributed by atoms with E-state index in [1.165, 1.54) is 13.8 Å². The van der Waals surface area contributed by atoms with Crippen LogP contribution in [0.5, 0.6) is 0 Å². The Bertz CT molecular complexity index is 482. The van der Waals surface area contributed by atoms with Crippen LogP contribution < -0.4 is 0 Å². The van der Waals surface area contributed by atoms with Gasteiger partial charge in [0, 0.05) is 10.2 Å². The van der Waals surface area contributed by atoms with E-state index in [0.29, 0.717) is 5.56 Å². The molecule has 0 aliphatic heterocycles. The lowest BCUT2D eigenvalue weighted by molar-refractivity contribution is 0.162. The SMILES string of the molecule is CCS(=O)(=O)C(C)(Cl)C(O)c1ccc(Br)cc1. The number of aliphatic hydroxyl groups is 1. The van der Waals surface area contributed by atoms with Gasteiger partial charge < -0.3 is 5.11 Å². The van der Waals surface area contributed by atoms with Gasteiger partial charge in [0.1, 0.15) is 6.10 Å². The van der Waals surface area contributed by atoms with Crippen LogP contribution in [0.1, 0.15) is 25.5 Å². The molecule has 17 heavy (non-hydrogen) atoms. The highest BCUT2D eigenvalue weighted by Gasteiger charge is 2.43. The lowest BCUT2D eigenvalue weighted by Crippen LogP contribution is -2.37. The molecule has 6 heteroatoms. The molecule has 0 bridgehead atoms. The summed E-state index contributed by atoms with van der Waals surface area (Å²) in [6.07, 6.45) is -1.26. The van der Waals surface area contributed by atoms with Crippen molar-refractivity contribution in [2.75, 3.05) is 5.75 Å². The highest BCUT2D eigenvalue weighted by molar-refractivity contribution is 9.10. The van der Waals surface area contributed by atoms with E-state index in [-0.39, 0.29) is 5.75 Å². The molecule has 0 spiro atoms. The van der Waals surface area contributed by atoms with E-state index in [1.807, 2.05) is 0 Å². The average molecular weight is 342 g/mol. The number of benzene rings is 1. The minimum absolute atomic E-state index is 0.111. The Labute approximate surface area is 115 Å². The van der Waals surface area contributed by atoms with E-state index >= 15 is 0 Å². The van der Waals surface area contributed by atoms with Gasteiger partial charge in [-0.25, -0.2) is 8.42 Å². The summed E-state index contributed by atoms with van der Waals surface area (Å²) in [5.74, 6) is -0.111. The monoisotopic (exact) mass is 340 g/mol. The van der Waals surface area contributed by atoms with Gasteiger partial charge in [-0.05, 0) is 24.6 Å². The van der Waals surface area contributed by atoms with E-state index in [1.54, 1.807) is 24.3 Å². The summed E-state index contributed by atoms with van der Waals surface area (Å²) in [6.45, 7) is 2.82. The summed E-state index contributed by atoms with van der Waals surface area (Å²) >= 11 is 9.27. The molecule has 0 saturated carbocycles. The van der Waals surface area contributed by atoms with Gasteiger partial charge in [-0.15, -0.1) is 0 Å². The fourth-order valence-electron chi connectivity index (χ4n) is 1.40. The lowest BCUT2D eigenvalue weighted by Gasteiger charge is -2.27. The highest BCUT2D eigenvalue weighted by Crippen LogP contribution is 2.37. The molecular weight excluding hydrogens is 328 g/mol. The Morgan fingerprint density at radius 3 is 2.29 bits per heavy atom. The van der Waals surface area contributed by atoms with Gasteiger partial charge in [-0.2, -0.15) is 0 Å². The molecule has 3 nitrogen and oxygen atoms in total. The zero-order valence-electron chi connectivity index (χ0n) is 9.52. The van der Waals surface area contributed by atoms with Crippen LogP contribution in [-0.2, 0) is 9.84 Å². The highest BCUT2D eigenvalue weighted by atomic mass is 79.9. The predicted octanol–water partition coefficient (Wildman–Crippen LogP) is 2.87. The second kappa shape index (κ2) is 5.26. The largest absolute Gasteiger partial charge is 0.385 e. The van der Waals surface area contributed by atoms with E-state index in [4.69, 9.17) is 11.6 Å². The molecule has 1 rings (SSSR count). The molecule has 0 aliphatic rings. The van der Waals surface area contributed by atoms with Gasteiger partial charge in [-0.1, -0.05) is 46.6 Å². The number of aliphatic hydroxyl groups excluding tert-OH is 1. The van der Waals surface area contributed by atoms with Crippen molar-refractivity contribution in [3.05, 3.63) is 34.3 Å². The smallest absolute Gasteiger partial charge is 0.172 e.